The first-order valence-electron chi connectivity index (χ1n) is 10.5. The van der Waals surface area contributed by atoms with Crippen molar-refractivity contribution in [2.45, 2.75) is 51.1 Å². The van der Waals surface area contributed by atoms with E-state index < -0.39 is 18.6 Å². The maximum Gasteiger partial charge on any atom is 0.325 e. The Morgan fingerprint density at radius 1 is 0.839 bits per heavy atom. The van der Waals surface area contributed by atoms with Crippen LogP contribution in [0.2, 0.25) is 0 Å². The van der Waals surface area contributed by atoms with Crippen molar-refractivity contribution in [3.05, 3.63) is 65.7 Å². The van der Waals surface area contributed by atoms with Gasteiger partial charge in [-0.3, -0.25) is 19.7 Å². The molecule has 2 aromatic carbocycles. The van der Waals surface area contributed by atoms with Gasteiger partial charge in [0.1, 0.15) is 12.6 Å². The second-order valence-corrected chi connectivity index (χ2v) is 7.42. The van der Waals surface area contributed by atoms with Gasteiger partial charge < -0.3 is 15.5 Å². The summed E-state index contributed by atoms with van der Waals surface area (Å²) in [5.41, 5.74) is 2.30. The molecule has 0 unspecified atom stereocenters. The summed E-state index contributed by atoms with van der Waals surface area (Å²) in [5, 5.41) is 24.0. The summed E-state index contributed by atoms with van der Waals surface area (Å²) >= 11 is 0. The third-order valence-corrected chi connectivity index (χ3v) is 4.91. The average Bonchev–Trinajstić information content (AvgIpc) is 2.77. The van der Waals surface area contributed by atoms with E-state index in [4.69, 9.17) is 5.11 Å². The first-order valence-corrected chi connectivity index (χ1v) is 10.5. The third-order valence-electron chi connectivity index (χ3n) is 4.91. The lowest BCUT2D eigenvalue weighted by Crippen LogP contribution is -2.28. The predicted molar refractivity (Wildman–Crippen MR) is 119 cm³/mol. The van der Waals surface area contributed by atoms with Gasteiger partial charge >= 0.3 is 5.97 Å². The molecule has 2 aromatic rings. The number of carboxylic acids is 1. The summed E-state index contributed by atoms with van der Waals surface area (Å²) in [6, 6.07) is 15.5. The number of aliphatic hydroxyl groups is 1. The topological polar surface area (TPSA) is 116 Å². The summed E-state index contributed by atoms with van der Waals surface area (Å²) in [7, 11) is 0. The van der Waals surface area contributed by atoms with Gasteiger partial charge in [-0.05, 0) is 36.1 Å². The second kappa shape index (κ2) is 13.3. The molecule has 0 aliphatic carbocycles. The molecule has 0 saturated heterocycles. The van der Waals surface area contributed by atoms with Crippen molar-refractivity contribution in [2.24, 2.45) is 0 Å². The number of nitrogens with one attached hydrogen (secondary N) is 2. The molecule has 1 atom stereocenters. The minimum absolute atomic E-state index is 0.0627. The fourth-order valence-electron chi connectivity index (χ4n) is 3.18. The molecule has 0 fully saturated rings. The van der Waals surface area contributed by atoms with Crippen LogP contribution in [0.3, 0.4) is 0 Å². The van der Waals surface area contributed by atoms with Crippen molar-refractivity contribution < 1.29 is 24.6 Å². The lowest BCUT2D eigenvalue weighted by molar-refractivity contribution is -0.139. The number of carbonyl (C=O) groups excluding carboxylic acids is 2. The van der Waals surface area contributed by atoms with Crippen molar-refractivity contribution in [1.29, 1.82) is 0 Å². The zero-order valence-electron chi connectivity index (χ0n) is 17.5. The Morgan fingerprint density at radius 2 is 1.48 bits per heavy atom. The van der Waals surface area contributed by atoms with E-state index >= 15 is 0 Å². The molecule has 31 heavy (non-hydrogen) atoms. The number of amides is 1. The molecule has 7 heteroatoms. The first kappa shape index (κ1) is 24.2. The monoisotopic (exact) mass is 426 g/mol. The SMILES string of the molecule is O=C(CO)CCCCCCC(=O)Nc1ccc(CN[C@H](C(=O)O)c2ccccc2)cc1. The number of hydrogen-bond donors (Lipinski definition) is 4. The van der Waals surface area contributed by atoms with Crippen molar-refractivity contribution in [3.63, 3.8) is 0 Å². The molecule has 7 nitrogen and oxygen atoms in total. The fraction of sp³-hybridized carbons (Fsp3) is 0.375. The van der Waals surface area contributed by atoms with Crippen molar-refractivity contribution in [2.75, 3.05) is 11.9 Å². The quantitative estimate of drug-likeness (QED) is 0.344. The Morgan fingerprint density at radius 3 is 2.10 bits per heavy atom. The summed E-state index contributed by atoms with van der Waals surface area (Å²) in [6.07, 6.45) is 4.02. The van der Waals surface area contributed by atoms with Gasteiger partial charge in [0, 0.05) is 25.1 Å². The molecule has 0 saturated carbocycles. The number of benzene rings is 2. The number of rotatable bonds is 14. The van der Waals surface area contributed by atoms with Crippen LogP contribution in [-0.4, -0.2) is 34.5 Å². The van der Waals surface area contributed by atoms with Gasteiger partial charge in [-0.25, -0.2) is 0 Å². The van der Waals surface area contributed by atoms with E-state index in [2.05, 4.69) is 10.6 Å². The zero-order valence-corrected chi connectivity index (χ0v) is 17.5. The Bertz CT molecular complexity index is 837. The number of anilines is 1. The van der Waals surface area contributed by atoms with Crippen molar-refractivity contribution in [3.8, 4) is 0 Å². The summed E-state index contributed by atoms with van der Waals surface area (Å²) in [5.74, 6) is -1.14. The minimum atomic E-state index is -0.935. The van der Waals surface area contributed by atoms with Crippen LogP contribution >= 0.6 is 0 Å². The number of hydrogen-bond acceptors (Lipinski definition) is 5. The molecule has 0 heterocycles. The molecule has 2 rings (SSSR count). The standard InChI is InChI=1S/C24H30N2O5/c27-17-21(28)10-6-1-2-7-11-22(29)26-20-14-12-18(13-15-20)16-25-23(24(30)31)19-8-4-3-5-9-19/h3-5,8-9,12-15,23,25,27H,1-2,6-7,10-11,16-17H2,(H,26,29)(H,30,31)/t23-/m0/s1. The molecule has 0 radical (unpaired) electrons. The molecule has 0 aliphatic heterocycles. The van der Waals surface area contributed by atoms with E-state index in [9.17, 15) is 19.5 Å². The van der Waals surface area contributed by atoms with Gasteiger partial charge in [-0.2, -0.15) is 0 Å². The van der Waals surface area contributed by atoms with Gasteiger partial charge in [0.2, 0.25) is 5.91 Å². The zero-order chi connectivity index (χ0) is 22.5. The van der Waals surface area contributed by atoms with Gasteiger partial charge in [0.05, 0.1) is 0 Å². The maximum atomic E-state index is 12.1. The number of ketones is 1. The Labute approximate surface area is 182 Å². The Balaban J connectivity index is 1.72. The van der Waals surface area contributed by atoms with Gasteiger partial charge in [-0.1, -0.05) is 55.3 Å². The van der Waals surface area contributed by atoms with Crippen LogP contribution in [0.4, 0.5) is 5.69 Å². The second-order valence-electron chi connectivity index (χ2n) is 7.42. The number of Topliss-reactive ketones (excluding diaryl/α,β-unsaturated/α-hetero) is 1. The molecule has 166 valence electrons. The summed E-state index contributed by atoms with van der Waals surface area (Å²) < 4.78 is 0. The molecular formula is C24H30N2O5. The average molecular weight is 427 g/mol. The van der Waals surface area contributed by atoms with E-state index in [-0.39, 0.29) is 11.7 Å². The third kappa shape index (κ3) is 9.11. The highest BCUT2D eigenvalue weighted by Crippen LogP contribution is 2.15. The number of carboxylic acid groups (broad SMARTS) is 1. The van der Waals surface area contributed by atoms with Crippen LogP contribution < -0.4 is 10.6 Å². The molecule has 1 amide bonds. The van der Waals surface area contributed by atoms with Crippen LogP contribution in [0.25, 0.3) is 0 Å². The van der Waals surface area contributed by atoms with Crippen LogP contribution in [-0.2, 0) is 20.9 Å². The van der Waals surface area contributed by atoms with E-state index in [1.807, 2.05) is 30.3 Å². The number of carbonyl (C=O) groups is 3. The Kier molecular flexibility index (Phi) is 10.4. The van der Waals surface area contributed by atoms with Gasteiger partial charge in [0.25, 0.3) is 0 Å². The number of unbranched alkanes of at least 4 members (excludes halogenated alkanes) is 3. The van der Waals surface area contributed by atoms with E-state index in [1.54, 1.807) is 24.3 Å². The minimum Gasteiger partial charge on any atom is -0.480 e. The molecule has 0 bridgehead atoms. The highest BCUT2D eigenvalue weighted by Gasteiger charge is 2.18. The van der Waals surface area contributed by atoms with Crippen LogP contribution in [0.1, 0.15) is 55.7 Å². The lowest BCUT2D eigenvalue weighted by atomic mass is 10.1. The van der Waals surface area contributed by atoms with Crippen LogP contribution in [0.15, 0.2) is 54.6 Å². The number of aliphatic carboxylic acids is 1. The highest BCUT2D eigenvalue weighted by molar-refractivity contribution is 5.90. The predicted octanol–water partition coefficient (Wildman–Crippen LogP) is 3.44. The summed E-state index contributed by atoms with van der Waals surface area (Å²) in [6.45, 7) is -0.0106. The van der Waals surface area contributed by atoms with E-state index in [1.165, 1.54) is 0 Å². The molecule has 0 aromatic heterocycles. The molecular weight excluding hydrogens is 396 g/mol. The molecule has 0 spiro atoms. The fourth-order valence-corrected chi connectivity index (χ4v) is 3.18. The van der Waals surface area contributed by atoms with Gasteiger partial charge in [-0.15, -0.1) is 0 Å². The normalized spacial score (nSPS) is 11.6. The maximum absolute atomic E-state index is 12.1. The first-order chi connectivity index (χ1) is 15.0. The van der Waals surface area contributed by atoms with Crippen LogP contribution in [0, 0.1) is 0 Å². The highest BCUT2D eigenvalue weighted by atomic mass is 16.4. The van der Waals surface area contributed by atoms with Crippen LogP contribution in [0.5, 0.6) is 0 Å². The molecule has 4 N–H and O–H groups in total. The largest absolute Gasteiger partial charge is 0.480 e. The smallest absolute Gasteiger partial charge is 0.325 e. The van der Waals surface area contributed by atoms with E-state index in [0.717, 1.165) is 31.2 Å². The van der Waals surface area contributed by atoms with Crippen molar-refractivity contribution in [1.82, 2.24) is 5.32 Å². The molecule has 0 aliphatic rings. The lowest BCUT2D eigenvalue weighted by Gasteiger charge is -2.15. The van der Waals surface area contributed by atoms with Crippen molar-refractivity contribution >= 4 is 23.3 Å². The van der Waals surface area contributed by atoms with Gasteiger partial charge in [0.15, 0.2) is 5.78 Å². The summed E-state index contributed by atoms with van der Waals surface area (Å²) in [4.78, 5) is 34.6. The van der Waals surface area contributed by atoms with E-state index in [0.29, 0.717) is 30.6 Å². The Hall–Kier alpha value is -3.03. The number of aliphatic hydroxyl groups excluding tert-OH is 1.